The van der Waals surface area contributed by atoms with Crippen LogP contribution in [0, 0.1) is 0 Å². The molecule has 2 rings (SSSR count). The summed E-state index contributed by atoms with van der Waals surface area (Å²) in [5.74, 6) is 0.534. The van der Waals surface area contributed by atoms with Crippen LogP contribution in [-0.4, -0.2) is 24.4 Å². The molecule has 1 unspecified atom stereocenters. The monoisotopic (exact) mass is 395 g/mol. The molecule has 0 amide bonds. The maximum Gasteiger partial charge on any atom is 0.142 e. The van der Waals surface area contributed by atoms with E-state index < -0.39 is 6.10 Å². The van der Waals surface area contributed by atoms with Gasteiger partial charge in [0.05, 0.1) is 5.69 Å². The lowest BCUT2D eigenvalue weighted by Crippen LogP contribution is -2.31. The van der Waals surface area contributed by atoms with E-state index in [1.165, 1.54) is 5.56 Å². The van der Waals surface area contributed by atoms with Crippen molar-refractivity contribution in [3.05, 3.63) is 54.1 Å². The number of hydrogen-bond acceptors (Lipinski definition) is 5. The largest absolute Gasteiger partial charge is 0.489 e. The summed E-state index contributed by atoms with van der Waals surface area (Å²) in [6.07, 6.45) is -0.606. The van der Waals surface area contributed by atoms with Gasteiger partial charge in [0.2, 0.25) is 0 Å². The van der Waals surface area contributed by atoms with Crippen molar-refractivity contribution in [1.29, 1.82) is 0 Å². The number of nitrogens with two attached hydrogens (primary N) is 2. The molecule has 0 aromatic heterocycles. The maximum absolute atomic E-state index is 9.88. The molecule has 0 saturated carbocycles. The van der Waals surface area contributed by atoms with Crippen molar-refractivity contribution >= 4 is 48.6 Å². The van der Waals surface area contributed by atoms with E-state index in [4.69, 9.17) is 16.2 Å². The van der Waals surface area contributed by atoms with Crippen LogP contribution in [0.2, 0.25) is 0 Å². The summed E-state index contributed by atoms with van der Waals surface area (Å²) in [7, 11) is 0. The molecule has 2 aromatic carbocycles. The quantitative estimate of drug-likeness (QED) is 0.540. The van der Waals surface area contributed by atoms with Crippen LogP contribution in [0.15, 0.2) is 48.5 Å². The molecule has 0 aliphatic heterocycles. The number of halogens is 3. The minimum absolute atomic E-state index is 0. The average Bonchev–Trinajstić information content (AvgIpc) is 2.47. The van der Waals surface area contributed by atoms with Gasteiger partial charge < -0.3 is 26.6 Å². The number of anilines is 2. The third kappa shape index (κ3) is 8.47. The van der Waals surface area contributed by atoms with Crippen molar-refractivity contribution in [2.24, 2.45) is 0 Å². The number of nitrogen functional groups attached to an aromatic ring is 2. The zero-order chi connectivity index (χ0) is 15.1. The molecule has 0 aliphatic carbocycles. The Morgan fingerprint density at radius 1 is 1.00 bits per heavy atom. The van der Waals surface area contributed by atoms with Crippen LogP contribution in [0.4, 0.5) is 11.4 Å². The Morgan fingerprint density at radius 3 is 2.29 bits per heavy atom. The summed E-state index contributed by atoms with van der Waals surface area (Å²) in [6.45, 7) is 1.33. The highest BCUT2D eigenvalue weighted by Gasteiger charge is 2.07. The lowest BCUT2D eigenvalue weighted by atomic mass is 10.2. The van der Waals surface area contributed by atoms with E-state index in [1.54, 1.807) is 18.2 Å². The number of rotatable bonds is 7. The topological polar surface area (TPSA) is 93.5 Å². The van der Waals surface area contributed by atoms with E-state index in [9.17, 15) is 5.11 Å². The fraction of sp³-hybridized carbons (Fsp3) is 0.250. The molecule has 1 atom stereocenters. The summed E-state index contributed by atoms with van der Waals surface area (Å²) >= 11 is 0. The van der Waals surface area contributed by atoms with Gasteiger partial charge in [0.15, 0.2) is 0 Å². The molecular weight excluding hydrogens is 373 g/mol. The summed E-state index contributed by atoms with van der Waals surface area (Å²) in [4.78, 5) is 0. The molecule has 0 aliphatic rings. The van der Waals surface area contributed by atoms with Crippen LogP contribution >= 0.6 is 37.2 Å². The summed E-state index contributed by atoms with van der Waals surface area (Å²) in [5.41, 5.74) is 13.6. The number of aliphatic hydroxyl groups excluding tert-OH is 1. The van der Waals surface area contributed by atoms with Gasteiger partial charge in [-0.15, -0.1) is 37.2 Å². The third-order valence-corrected chi connectivity index (χ3v) is 3.02. The first-order chi connectivity index (χ1) is 10.1. The van der Waals surface area contributed by atoms with Gasteiger partial charge in [-0.3, -0.25) is 0 Å². The standard InChI is InChI=1S/C16H21N3O2.3ClH/c17-13-6-7-16(15(18)8-13)21-11-14(20)10-19-9-12-4-2-1-3-5-12;;;/h1-8,14,19-20H,9-11,17-18H2;3*1H. The molecule has 0 bridgehead atoms. The van der Waals surface area contributed by atoms with Crippen molar-refractivity contribution in [2.45, 2.75) is 12.6 Å². The summed E-state index contributed by atoms with van der Waals surface area (Å²) < 4.78 is 5.49. The van der Waals surface area contributed by atoms with Crippen molar-refractivity contribution in [3.63, 3.8) is 0 Å². The van der Waals surface area contributed by atoms with Crippen molar-refractivity contribution in [3.8, 4) is 5.75 Å². The fourth-order valence-electron chi connectivity index (χ4n) is 1.92. The van der Waals surface area contributed by atoms with Crippen molar-refractivity contribution < 1.29 is 9.84 Å². The van der Waals surface area contributed by atoms with Gasteiger partial charge in [-0.2, -0.15) is 0 Å². The van der Waals surface area contributed by atoms with E-state index in [1.807, 2.05) is 30.3 Å². The smallest absolute Gasteiger partial charge is 0.142 e. The van der Waals surface area contributed by atoms with Crippen LogP contribution in [0.25, 0.3) is 0 Å². The van der Waals surface area contributed by atoms with Crippen LogP contribution in [-0.2, 0) is 6.54 Å². The maximum atomic E-state index is 9.88. The molecule has 0 radical (unpaired) electrons. The van der Waals surface area contributed by atoms with Crippen molar-refractivity contribution in [2.75, 3.05) is 24.6 Å². The molecule has 0 saturated heterocycles. The second-order valence-electron chi connectivity index (χ2n) is 4.88. The van der Waals surface area contributed by atoms with Gasteiger partial charge >= 0.3 is 0 Å². The SMILES string of the molecule is Cl.Cl.Cl.Nc1ccc(OCC(O)CNCc2ccccc2)c(N)c1. The highest BCUT2D eigenvalue weighted by Crippen LogP contribution is 2.23. The van der Waals surface area contributed by atoms with Gasteiger partial charge in [-0.1, -0.05) is 30.3 Å². The highest BCUT2D eigenvalue weighted by atomic mass is 35.5. The zero-order valence-electron chi connectivity index (χ0n) is 13.1. The van der Waals surface area contributed by atoms with E-state index in [2.05, 4.69) is 5.32 Å². The van der Waals surface area contributed by atoms with E-state index in [0.29, 0.717) is 30.2 Å². The first-order valence-electron chi connectivity index (χ1n) is 6.85. The molecule has 0 fully saturated rings. The molecule has 24 heavy (non-hydrogen) atoms. The number of nitrogens with one attached hydrogen (secondary N) is 1. The Labute approximate surface area is 161 Å². The molecule has 2 aromatic rings. The summed E-state index contributed by atoms with van der Waals surface area (Å²) in [5, 5.41) is 13.1. The van der Waals surface area contributed by atoms with E-state index in [0.717, 1.165) is 0 Å². The zero-order valence-corrected chi connectivity index (χ0v) is 15.5. The molecular formula is C16H24Cl3N3O2. The molecule has 5 nitrogen and oxygen atoms in total. The molecule has 6 N–H and O–H groups in total. The third-order valence-electron chi connectivity index (χ3n) is 3.02. The number of hydrogen-bond donors (Lipinski definition) is 4. The molecule has 136 valence electrons. The Morgan fingerprint density at radius 2 is 1.67 bits per heavy atom. The number of ether oxygens (including phenoxy) is 1. The van der Waals surface area contributed by atoms with Gasteiger partial charge in [0.1, 0.15) is 18.5 Å². The second-order valence-corrected chi connectivity index (χ2v) is 4.88. The Bertz CT molecular complexity index is 574. The van der Waals surface area contributed by atoms with Crippen LogP contribution in [0.3, 0.4) is 0 Å². The van der Waals surface area contributed by atoms with Crippen LogP contribution < -0.4 is 21.5 Å². The first-order valence-corrected chi connectivity index (χ1v) is 6.85. The van der Waals surface area contributed by atoms with Gasteiger partial charge in [-0.05, 0) is 23.8 Å². The number of benzene rings is 2. The minimum Gasteiger partial charge on any atom is -0.489 e. The Balaban J connectivity index is 0. The minimum atomic E-state index is -0.606. The Kier molecular flexibility index (Phi) is 13.5. The van der Waals surface area contributed by atoms with E-state index >= 15 is 0 Å². The van der Waals surface area contributed by atoms with Gasteiger partial charge in [-0.25, -0.2) is 0 Å². The lowest BCUT2D eigenvalue weighted by molar-refractivity contribution is 0.106. The number of aliphatic hydroxyl groups is 1. The van der Waals surface area contributed by atoms with Crippen LogP contribution in [0.1, 0.15) is 5.56 Å². The molecule has 0 heterocycles. The highest BCUT2D eigenvalue weighted by molar-refractivity contribution is 5.86. The summed E-state index contributed by atoms with van der Waals surface area (Å²) in [6, 6.07) is 15.1. The van der Waals surface area contributed by atoms with Gasteiger partial charge in [0.25, 0.3) is 0 Å². The molecule has 8 heteroatoms. The van der Waals surface area contributed by atoms with Crippen LogP contribution in [0.5, 0.6) is 5.75 Å². The average molecular weight is 397 g/mol. The van der Waals surface area contributed by atoms with Gasteiger partial charge in [0, 0.05) is 18.8 Å². The normalized spacial score (nSPS) is 10.5. The fourth-order valence-corrected chi connectivity index (χ4v) is 1.92. The Hall–Kier alpha value is -1.37. The predicted octanol–water partition coefficient (Wildman–Crippen LogP) is 2.65. The second kappa shape index (κ2) is 13.0. The van der Waals surface area contributed by atoms with E-state index in [-0.39, 0.29) is 43.8 Å². The predicted molar refractivity (Wildman–Crippen MR) is 107 cm³/mol. The molecule has 0 spiro atoms. The first kappa shape index (κ1) is 24.9. The lowest BCUT2D eigenvalue weighted by Gasteiger charge is -2.14. The van der Waals surface area contributed by atoms with Crippen molar-refractivity contribution in [1.82, 2.24) is 5.32 Å².